The fourth-order valence-electron chi connectivity index (χ4n) is 3.54. The lowest BCUT2D eigenvalue weighted by Gasteiger charge is -2.20. The van der Waals surface area contributed by atoms with E-state index in [4.69, 9.17) is 11.6 Å². The van der Waals surface area contributed by atoms with Crippen molar-refractivity contribution in [1.82, 2.24) is 5.32 Å². The van der Waals surface area contributed by atoms with Gasteiger partial charge in [-0.15, -0.1) is 0 Å². The third kappa shape index (κ3) is 5.47. The van der Waals surface area contributed by atoms with Gasteiger partial charge in [0.15, 0.2) is 0 Å². The summed E-state index contributed by atoms with van der Waals surface area (Å²) in [5.74, 6) is -0.415. The number of rotatable bonds is 7. The molecule has 0 saturated carbocycles. The largest absolute Gasteiger partial charge is 0.341 e. The van der Waals surface area contributed by atoms with Gasteiger partial charge in [0, 0.05) is 11.3 Å². The van der Waals surface area contributed by atoms with E-state index in [1.54, 1.807) is 30.3 Å². The predicted molar refractivity (Wildman–Crippen MR) is 136 cm³/mol. The number of nitrogens with one attached hydrogen (secondary N) is 2. The average molecular weight is 491 g/mol. The quantitative estimate of drug-likeness (QED) is 0.335. The second-order valence-corrected chi connectivity index (χ2v) is 9.90. The van der Waals surface area contributed by atoms with Gasteiger partial charge in [-0.3, -0.25) is 9.52 Å². The summed E-state index contributed by atoms with van der Waals surface area (Å²) in [4.78, 5) is 13.1. The van der Waals surface area contributed by atoms with Gasteiger partial charge in [0.05, 0.1) is 11.1 Å². The van der Waals surface area contributed by atoms with Crippen LogP contribution in [0, 0.1) is 6.92 Å². The number of halogens is 1. The highest BCUT2D eigenvalue weighted by atomic mass is 35.5. The van der Waals surface area contributed by atoms with Crippen molar-refractivity contribution in [3.8, 4) is 0 Å². The lowest BCUT2D eigenvalue weighted by Crippen LogP contribution is -2.29. The zero-order valence-corrected chi connectivity index (χ0v) is 20.0. The van der Waals surface area contributed by atoms with E-state index in [-0.39, 0.29) is 15.5 Å². The Morgan fingerprint density at radius 1 is 0.794 bits per heavy atom. The molecule has 1 atom stereocenters. The van der Waals surface area contributed by atoms with E-state index in [9.17, 15) is 13.2 Å². The molecule has 0 saturated heterocycles. The molecule has 0 aliphatic heterocycles. The van der Waals surface area contributed by atoms with Crippen molar-refractivity contribution in [2.45, 2.75) is 17.9 Å². The number of para-hydroxylation sites is 1. The van der Waals surface area contributed by atoms with Crippen molar-refractivity contribution < 1.29 is 13.2 Å². The summed E-state index contributed by atoms with van der Waals surface area (Å²) < 4.78 is 28.4. The van der Waals surface area contributed by atoms with Crippen molar-refractivity contribution in [2.24, 2.45) is 0 Å². The van der Waals surface area contributed by atoms with E-state index in [2.05, 4.69) is 10.0 Å². The number of aryl methyl sites for hydroxylation is 1. The molecule has 4 aromatic rings. The maximum Gasteiger partial charge on any atom is 0.263 e. The normalized spacial score (nSPS) is 12.1. The molecule has 172 valence electrons. The molecule has 0 spiro atoms. The smallest absolute Gasteiger partial charge is 0.263 e. The Balaban J connectivity index is 1.65. The minimum atomic E-state index is -4.00. The van der Waals surface area contributed by atoms with Gasteiger partial charge in [0.1, 0.15) is 4.90 Å². The van der Waals surface area contributed by atoms with Gasteiger partial charge in [-0.2, -0.15) is 0 Å². The molecule has 7 heteroatoms. The molecule has 1 unspecified atom stereocenters. The first-order valence-corrected chi connectivity index (χ1v) is 12.5. The minimum absolute atomic E-state index is 0.0260. The number of carbonyl (C=O) groups is 1. The fourth-order valence-corrected chi connectivity index (χ4v) is 5.13. The van der Waals surface area contributed by atoms with Crippen LogP contribution in [-0.2, 0) is 10.0 Å². The highest BCUT2D eigenvalue weighted by molar-refractivity contribution is 7.92. The molecule has 0 aliphatic carbocycles. The number of hydrogen-bond donors (Lipinski definition) is 2. The highest BCUT2D eigenvalue weighted by Gasteiger charge is 2.22. The van der Waals surface area contributed by atoms with E-state index in [1.165, 1.54) is 18.2 Å². The first-order valence-electron chi connectivity index (χ1n) is 10.6. The summed E-state index contributed by atoms with van der Waals surface area (Å²) in [6.45, 7) is 2.00. The number of hydrogen-bond acceptors (Lipinski definition) is 3. The van der Waals surface area contributed by atoms with Crippen LogP contribution in [0.5, 0.6) is 0 Å². The molecule has 0 fully saturated rings. The SMILES string of the molecule is Cc1ccc(C(NC(=O)c2ccc(Cl)c(S(=O)(=O)Nc3ccccc3)c2)c2ccccc2)cc1. The van der Waals surface area contributed by atoms with Crippen LogP contribution in [0.2, 0.25) is 5.02 Å². The van der Waals surface area contributed by atoms with E-state index in [0.29, 0.717) is 5.69 Å². The predicted octanol–water partition coefficient (Wildman–Crippen LogP) is 5.97. The molecule has 4 rings (SSSR count). The Morgan fingerprint density at radius 3 is 2.03 bits per heavy atom. The van der Waals surface area contributed by atoms with Crippen LogP contribution in [0.4, 0.5) is 5.69 Å². The maximum atomic E-state index is 13.2. The van der Waals surface area contributed by atoms with E-state index >= 15 is 0 Å². The van der Waals surface area contributed by atoms with Crippen LogP contribution in [0.15, 0.2) is 108 Å². The number of anilines is 1. The van der Waals surface area contributed by atoms with Crippen LogP contribution < -0.4 is 10.0 Å². The summed E-state index contributed by atoms with van der Waals surface area (Å²) >= 11 is 6.21. The molecular formula is C27H23ClN2O3S. The molecule has 0 aliphatic rings. The molecule has 1 amide bonds. The summed E-state index contributed by atoms with van der Waals surface area (Å²) in [7, 11) is -4.00. The Kier molecular flexibility index (Phi) is 7.01. The Labute approximate surface area is 204 Å². The maximum absolute atomic E-state index is 13.2. The highest BCUT2D eigenvalue weighted by Crippen LogP contribution is 2.27. The van der Waals surface area contributed by atoms with Crippen molar-refractivity contribution >= 4 is 33.2 Å². The van der Waals surface area contributed by atoms with E-state index in [0.717, 1.165) is 16.7 Å². The second-order valence-electron chi connectivity index (χ2n) is 7.84. The van der Waals surface area contributed by atoms with Crippen LogP contribution in [0.25, 0.3) is 0 Å². The van der Waals surface area contributed by atoms with Gasteiger partial charge < -0.3 is 5.32 Å². The summed E-state index contributed by atoms with van der Waals surface area (Å²) in [5, 5.41) is 3.06. The third-order valence-corrected chi connectivity index (χ3v) is 7.19. The molecule has 0 radical (unpaired) electrons. The van der Waals surface area contributed by atoms with Gasteiger partial charge in [0.25, 0.3) is 15.9 Å². The number of sulfonamides is 1. The van der Waals surface area contributed by atoms with E-state index < -0.39 is 22.0 Å². The molecule has 34 heavy (non-hydrogen) atoms. The standard InChI is InChI=1S/C27H23ClN2O3S/c1-19-12-14-21(15-13-19)26(20-8-4-2-5-9-20)29-27(31)22-16-17-24(28)25(18-22)34(32,33)30-23-10-6-3-7-11-23/h2-18,26,30H,1H3,(H,29,31). The van der Waals surface area contributed by atoms with E-state index in [1.807, 2.05) is 61.5 Å². The second kappa shape index (κ2) is 10.1. The van der Waals surface area contributed by atoms with Gasteiger partial charge >= 0.3 is 0 Å². The van der Waals surface area contributed by atoms with Gasteiger partial charge in [-0.05, 0) is 48.4 Å². The summed E-state index contributed by atoms with van der Waals surface area (Å²) in [6, 6.07) is 29.8. The van der Waals surface area contributed by atoms with Crippen molar-refractivity contribution in [3.05, 3.63) is 130 Å². The minimum Gasteiger partial charge on any atom is -0.341 e. The molecule has 2 N–H and O–H groups in total. The first kappa shape index (κ1) is 23.5. The zero-order chi connectivity index (χ0) is 24.1. The molecular weight excluding hydrogens is 468 g/mol. The van der Waals surface area contributed by atoms with Crippen LogP contribution in [-0.4, -0.2) is 14.3 Å². The number of benzene rings is 4. The van der Waals surface area contributed by atoms with Crippen LogP contribution >= 0.6 is 11.6 Å². The fraction of sp³-hybridized carbons (Fsp3) is 0.0741. The first-order chi connectivity index (χ1) is 16.3. The summed E-state index contributed by atoms with van der Waals surface area (Å²) in [5.41, 5.74) is 3.52. The van der Waals surface area contributed by atoms with Crippen molar-refractivity contribution in [2.75, 3.05) is 4.72 Å². The topological polar surface area (TPSA) is 75.3 Å². The summed E-state index contributed by atoms with van der Waals surface area (Å²) in [6.07, 6.45) is 0. The Bertz CT molecular complexity index is 1390. The molecule has 0 heterocycles. The monoisotopic (exact) mass is 490 g/mol. The average Bonchev–Trinajstić information content (AvgIpc) is 2.84. The molecule has 4 aromatic carbocycles. The third-order valence-electron chi connectivity index (χ3n) is 5.33. The Hall–Kier alpha value is -3.61. The lowest BCUT2D eigenvalue weighted by atomic mass is 9.97. The van der Waals surface area contributed by atoms with Gasteiger partial charge in [0.2, 0.25) is 0 Å². The van der Waals surface area contributed by atoms with Crippen LogP contribution in [0.1, 0.15) is 33.1 Å². The number of amides is 1. The molecule has 5 nitrogen and oxygen atoms in total. The van der Waals surface area contributed by atoms with Gasteiger partial charge in [-0.25, -0.2) is 8.42 Å². The van der Waals surface area contributed by atoms with Crippen molar-refractivity contribution in [1.29, 1.82) is 0 Å². The van der Waals surface area contributed by atoms with Crippen LogP contribution in [0.3, 0.4) is 0 Å². The van der Waals surface area contributed by atoms with Gasteiger partial charge in [-0.1, -0.05) is 90.0 Å². The zero-order valence-electron chi connectivity index (χ0n) is 18.4. The Morgan fingerprint density at radius 2 is 1.38 bits per heavy atom. The number of carbonyl (C=O) groups excluding carboxylic acids is 1. The van der Waals surface area contributed by atoms with Crippen molar-refractivity contribution in [3.63, 3.8) is 0 Å². The molecule has 0 bridgehead atoms. The molecule has 0 aromatic heterocycles. The lowest BCUT2D eigenvalue weighted by molar-refractivity contribution is 0.0942.